The molecule has 3 rings (SSSR count). The second-order valence-electron chi connectivity index (χ2n) is 6.06. The fourth-order valence-electron chi connectivity index (χ4n) is 3.33. The summed E-state index contributed by atoms with van der Waals surface area (Å²) in [5.74, 6) is 0.629. The maximum Gasteiger partial charge on any atom is 0.255 e. The van der Waals surface area contributed by atoms with Crippen LogP contribution in [0.25, 0.3) is 10.8 Å². The summed E-state index contributed by atoms with van der Waals surface area (Å²) in [5.41, 5.74) is 0.581. The van der Waals surface area contributed by atoms with Gasteiger partial charge in [0.1, 0.15) is 5.75 Å². The van der Waals surface area contributed by atoms with Crippen molar-refractivity contribution in [2.45, 2.75) is 32.3 Å². The van der Waals surface area contributed by atoms with Crippen LogP contribution in [0.1, 0.15) is 36.5 Å². The van der Waals surface area contributed by atoms with Gasteiger partial charge in [-0.2, -0.15) is 0 Å². The molecule has 0 unspecified atom stereocenters. The molecule has 2 aromatic rings. The smallest absolute Gasteiger partial charge is 0.255 e. The van der Waals surface area contributed by atoms with E-state index in [2.05, 4.69) is 5.32 Å². The Hall–Kier alpha value is -2.07. The van der Waals surface area contributed by atoms with Gasteiger partial charge in [-0.1, -0.05) is 36.8 Å². The quantitative estimate of drug-likeness (QED) is 0.891. The van der Waals surface area contributed by atoms with Gasteiger partial charge in [-0.15, -0.1) is 0 Å². The van der Waals surface area contributed by atoms with E-state index in [1.165, 1.54) is 0 Å². The number of carbonyl (C=O) groups excluding carboxylic acids is 1. The number of aliphatic hydroxyl groups excluding tert-OH is 1. The summed E-state index contributed by atoms with van der Waals surface area (Å²) in [7, 11) is 0. The van der Waals surface area contributed by atoms with Gasteiger partial charge in [-0.25, -0.2) is 0 Å². The zero-order valence-corrected chi connectivity index (χ0v) is 13.4. The van der Waals surface area contributed by atoms with E-state index in [-0.39, 0.29) is 17.9 Å². The second kappa shape index (κ2) is 7.01. The van der Waals surface area contributed by atoms with Crippen molar-refractivity contribution >= 4 is 16.7 Å². The largest absolute Gasteiger partial charge is 0.493 e. The lowest BCUT2D eigenvalue weighted by atomic mass is 10.0. The molecule has 0 aromatic heterocycles. The third kappa shape index (κ3) is 3.32. The van der Waals surface area contributed by atoms with Crippen molar-refractivity contribution in [1.82, 2.24) is 5.32 Å². The lowest BCUT2D eigenvalue weighted by Gasteiger charge is -2.17. The molecule has 2 aromatic carbocycles. The van der Waals surface area contributed by atoms with Crippen molar-refractivity contribution in [3.63, 3.8) is 0 Å². The highest BCUT2D eigenvalue weighted by molar-refractivity contribution is 6.09. The maximum atomic E-state index is 12.7. The summed E-state index contributed by atoms with van der Waals surface area (Å²) in [6, 6.07) is 11.6. The van der Waals surface area contributed by atoms with E-state index < -0.39 is 0 Å². The van der Waals surface area contributed by atoms with Crippen molar-refractivity contribution in [2.24, 2.45) is 5.92 Å². The van der Waals surface area contributed by atoms with Gasteiger partial charge in [0.25, 0.3) is 5.91 Å². The van der Waals surface area contributed by atoms with E-state index in [4.69, 9.17) is 4.74 Å². The first-order chi connectivity index (χ1) is 11.2. The van der Waals surface area contributed by atoms with Gasteiger partial charge in [-0.3, -0.25) is 4.79 Å². The van der Waals surface area contributed by atoms with Crippen molar-refractivity contribution in [3.05, 3.63) is 42.0 Å². The minimum absolute atomic E-state index is 0.135. The Morgan fingerprint density at radius 1 is 1.26 bits per heavy atom. The van der Waals surface area contributed by atoms with Crippen molar-refractivity contribution in [1.29, 1.82) is 0 Å². The number of carbonyl (C=O) groups is 1. The number of ether oxygens (including phenoxy) is 1. The monoisotopic (exact) mass is 313 g/mol. The molecule has 0 saturated heterocycles. The van der Waals surface area contributed by atoms with Crippen LogP contribution in [0.2, 0.25) is 0 Å². The molecule has 2 N–H and O–H groups in total. The first-order valence-corrected chi connectivity index (χ1v) is 8.31. The number of nitrogens with one attached hydrogen (secondary N) is 1. The van der Waals surface area contributed by atoms with E-state index >= 15 is 0 Å². The molecule has 1 aliphatic carbocycles. The van der Waals surface area contributed by atoms with Crippen molar-refractivity contribution < 1.29 is 14.6 Å². The van der Waals surface area contributed by atoms with E-state index in [9.17, 15) is 9.90 Å². The molecule has 0 spiro atoms. The van der Waals surface area contributed by atoms with E-state index in [1.54, 1.807) is 0 Å². The number of rotatable bonds is 5. The Morgan fingerprint density at radius 2 is 2.09 bits per heavy atom. The van der Waals surface area contributed by atoms with Gasteiger partial charge < -0.3 is 15.2 Å². The Morgan fingerprint density at radius 3 is 2.83 bits per heavy atom. The highest BCUT2D eigenvalue weighted by atomic mass is 16.5. The Labute approximate surface area is 136 Å². The fraction of sp³-hybridized carbons (Fsp3) is 0.421. The number of amides is 1. The lowest BCUT2D eigenvalue weighted by Crippen LogP contribution is -2.32. The average Bonchev–Trinajstić information content (AvgIpc) is 2.98. The lowest BCUT2D eigenvalue weighted by molar-refractivity contribution is 0.0915. The molecule has 4 nitrogen and oxygen atoms in total. The SMILES string of the molecule is CCOc1ccc2ccccc2c1C(=O)NC[C@H]1CCC[C@@H]1O. The van der Waals surface area contributed by atoms with Crippen LogP contribution in [-0.4, -0.2) is 30.3 Å². The van der Waals surface area contributed by atoms with Gasteiger partial charge in [-0.05, 0) is 36.6 Å². The van der Waals surface area contributed by atoms with Gasteiger partial charge in [0.05, 0.1) is 18.3 Å². The molecule has 1 fully saturated rings. The molecule has 1 aliphatic rings. The van der Waals surface area contributed by atoms with Crippen molar-refractivity contribution in [2.75, 3.05) is 13.2 Å². The number of fused-ring (bicyclic) bond motifs is 1. The summed E-state index contributed by atoms with van der Waals surface area (Å²) in [6.07, 6.45) is 2.53. The summed E-state index contributed by atoms with van der Waals surface area (Å²) in [4.78, 5) is 12.7. The Bertz CT molecular complexity index is 698. The number of hydrogen-bond acceptors (Lipinski definition) is 3. The van der Waals surface area contributed by atoms with Crippen LogP contribution in [-0.2, 0) is 0 Å². The van der Waals surface area contributed by atoms with Crippen LogP contribution in [0.5, 0.6) is 5.75 Å². The second-order valence-corrected chi connectivity index (χ2v) is 6.06. The van der Waals surface area contributed by atoms with Gasteiger partial charge in [0.15, 0.2) is 0 Å². The Balaban J connectivity index is 1.86. The third-order valence-electron chi connectivity index (χ3n) is 4.56. The molecule has 23 heavy (non-hydrogen) atoms. The Kier molecular flexibility index (Phi) is 4.82. The number of aliphatic hydroxyl groups is 1. The van der Waals surface area contributed by atoms with Crippen molar-refractivity contribution in [3.8, 4) is 5.75 Å². The van der Waals surface area contributed by atoms with E-state index in [1.807, 2.05) is 43.3 Å². The number of benzene rings is 2. The van der Waals surface area contributed by atoms with Gasteiger partial charge in [0.2, 0.25) is 0 Å². The average molecular weight is 313 g/mol. The number of hydrogen-bond donors (Lipinski definition) is 2. The van der Waals surface area contributed by atoms with Crippen LogP contribution in [0, 0.1) is 5.92 Å². The van der Waals surface area contributed by atoms with E-state index in [0.717, 1.165) is 30.0 Å². The molecule has 0 bridgehead atoms. The topological polar surface area (TPSA) is 58.6 Å². The molecule has 1 amide bonds. The predicted octanol–water partition coefficient (Wildman–Crippen LogP) is 3.13. The molecule has 1 saturated carbocycles. The summed E-state index contributed by atoms with van der Waals surface area (Å²) in [5, 5.41) is 14.8. The molecule has 122 valence electrons. The maximum absolute atomic E-state index is 12.7. The molecule has 0 heterocycles. The minimum Gasteiger partial charge on any atom is -0.493 e. The highest BCUT2D eigenvalue weighted by Gasteiger charge is 2.26. The van der Waals surface area contributed by atoms with Crippen LogP contribution in [0.15, 0.2) is 36.4 Å². The van der Waals surface area contributed by atoms with Crippen LogP contribution >= 0.6 is 0 Å². The zero-order valence-electron chi connectivity index (χ0n) is 13.4. The molecule has 4 heteroatoms. The minimum atomic E-state index is -0.297. The molecular weight excluding hydrogens is 290 g/mol. The first-order valence-electron chi connectivity index (χ1n) is 8.31. The normalized spacial score (nSPS) is 20.6. The van der Waals surface area contributed by atoms with Gasteiger partial charge in [0, 0.05) is 12.5 Å². The first kappa shape index (κ1) is 15.8. The molecule has 0 radical (unpaired) electrons. The van der Waals surface area contributed by atoms with Crippen LogP contribution in [0.3, 0.4) is 0 Å². The zero-order chi connectivity index (χ0) is 16.2. The highest BCUT2D eigenvalue weighted by Crippen LogP contribution is 2.29. The summed E-state index contributed by atoms with van der Waals surface area (Å²) >= 11 is 0. The van der Waals surface area contributed by atoms with Crippen LogP contribution < -0.4 is 10.1 Å². The molecule has 2 atom stereocenters. The summed E-state index contributed by atoms with van der Waals surface area (Å²) < 4.78 is 5.65. The van der Waals surface area contributed by atoms with Gasteiger partial charge >= 0.3 is 0 Å². The fourth-order valence-corrected chi connectivity index (χ4v) is 3.33. The standard InChI is InChI=1S/C19H23NO3/c1-2-23-17-11-10-13-6-3-4-8-15(13)18(17)19(22)20-12-14-7-5-9-16(14)21/h3-4,6,8,10-11,14,16,21H,2,5,7,9,12H2,1H3,(H,20,22)/t14-,16+/m1/s1. The predicted molar refractivity (Wildman–Crippen MR) is 90.8 cm³/mol. The van der Waals surface area contributed by atoms with E-state index in [0.29, 0.717) is 24.5 Å². The third-order valence-corrected chi connectivity index (χ3v) is 4.56. The van der Waals surface area contributed by atoms with Crippen LogP contribution in [0.4, 0.5) is 0 Å². The molecular formula is C19H23NO3. The summed E-state index contributed by atoms with van der Waals surface area (Å²) in [6.45, 7) is 2.93. The molecule has 0 aliphatic heterocycles.